The number of hydrogen-bond acceptors (Lipinski definition) is 4. The van der Waals surface area contributed by atoms with Crippen LogP contribution >= 0.6 is 0 Å². The molecule has 102 valence electrons. The number of aliphatic hydroxyl groups excluding tert-OH is 1. The highest BCUT2D eigenvalue weighted by molar-refractivity contribution is 5.92. The molecule has 4 nitrogen and oxygen atoms in total. The van der Waals surface area contributed by atoms with E-state index in [9.17, 15) is 10.2 Å². The van der Waals surface area contributed by atoms with E-state index in [1.165, 1.54) is 0 Å². The second kappa shape index (κ2) is 5.89. The van der Waals surface area contributed by atoms with Crippen LogP contribution in [0.2, 0.25) is 0 Å². The normalized spacial score (nSPS) is 12.8. The lowest BCUT2D eigenvalue weighted by molar-refractivity contribution is 0.259. The van der Waals surface area contributed by atoms with Gasteiger partial charge in [-0.25, -0.2) is 4.98 Å². The van der Waals surface area contributed by atoms with Crippen molar-refractivity contribution in [3.8, 4) is 5.75 Å². The molecular weight excluding hydrogens is 240 g/mol. The number of anilines is 1. The molecule has 4 heteroatoms. The summed E-state index contributed by atoms with van der Waals surface area (Å²) in [4.78, 5) is 4.31. The van der Waals surface area contributed by atoms with E-state index in [-0.39, 0.29) is 18.4 Å². The van der Waals surface area contributed by atoms with E-state index in [0.29, 0.717) is 11.7 Å². The Morgan fingerprint density at radius 1 is 1.26 bits per heavy atom. The van der Waals surface area contributed by atoms with Gasteiger partial charge in [-0.2, -0.15) is 0 Å². The lowest BCUT2D eigenvalue weighted by Crippen LogP contribution is -2.26. The predicted molar refractivity (Wildman–Crippen MR) is 77.4 cm³/mol. The van der Waals surface area contributed by atoms with Crippen molar-refractivity contribution < 1.29 is 10.2 Å². The molecule has 0 aliphatic rings. The average Bonchev–Trinajstić information content (AvgIpc) is 2.38. The summed E-state index contributed by atoms with van der Waals surface area (Å²) in [6.45, 7) is 4.30. The minimum absolute atomic E-state index is 0.0274. The second-order valence-electron chi connectivity index (χ2n) is 5.22. The van der Waals surface area contributed by atoms with E-state index in [4.69, 9.17) is 0 Å². The number of phenols is 1. The van der Waals surface area contributed by atoms with Gasteiger partial charge < -0.3 is 15.5 Å². The van der Waals surface area contributed by atoms with Crippen molar-refractivity contribution in [1.82, 2.24) is 4.98 Å². The summed E-state index contributed by atoms with van der Waals surface area (Å²) < 4.78 is 0. The Kier molecular flexibility index (Phi) is 4.22. The number of nitrogens with one attached hydrogen (secondary N) is 1. The number of benzene rings is 1. The van der Waals surface area contributed by atoms with Crippen LogP contribution < -0.4 is 5.32 Å². The smallest absolute Gasteiger partial charge is 0.134 e. The van der Waals surface area contributed by atoms with E-state index in [0.717, 1.165) is 17.2 Å². The highest BCUT2D eigenvalue weighted by Gasteiger charge is 2.12. The van der Waals surface area contributed by atoms with Gasteiger partial charge in [0.15, 0.2) is 0 Å². The first-order valence-corrected chi connectivity index (χ1v) is 6.55. The number of pyridine rings is 1. The molecule has 0 radical (unpaired) electrons. The van der Waals surface area contributed by atoms with Crippen molar-refractivity contribution in [3.63, 3.8) is 0 Å². The monoisotopic (exact) mass is 260 g/mol. The van der Waals surface area contributed by atoms with Crippen molar-refractivity contribution >= 4 is 16.6 Å². The van der Waals surface area contributed by atoms with E-state index in [2.05, 4.69) is 24.1 Å². The second-order valence-corrected chi connectivity index (χ2v) is 5.22. The van der Waals surface area contributed by atoms with Gasteiger partial charge in [-0.05, 0) is 35.9 Å². The van der Waals surface area contributed by atoms with Gasteiger partial charge in [0.25, 0.3) is 0 Å². The van der Waals surface area contributed by atoms with Crippen molar-refractivity contribution in [2.24, 2.45) is 5.92 Å². The molecule has 0 saturated heterocycles. The Hall–Kier alpha value is -1.81. The van der Waals surface area contributed by atoms with Gasteiger partial charge in [0, 0.05) is 11.6 Å². The number of aliphatic hydroxyl groups is 1. The molecular formula is C15H20N2O2. The molecule has 0 saturated carbocycles. The summed E-state index contributed by atoms with van der Waals surface area (Å²) >= 11 is 0. The Morgan fingerprint density at radius 3 is 2.74 bits per heavy atom. The average molecular weight is 260 g/mol. The number of nitrogens with zero attached hydrogens (tertiary/aromatic N) is 1. The van der Waals surface area contributed by atoms with Crippen LogP contribution in [0, 0.1) is 5.92 Å². The van der Waals surface area contributed by atoms with Crippen molar-refractivity contribution in [3.05, 3.63) is 30.5 Å². The van der Waals surface area contributed by atoms with Crippen molar-refractivity contribution in [2.75, 3.05) is 11.9 Å². The van der Waals surface area contributed by atoms with E-state index < -0.39 is 0 Å². The zero-order chi connectivity index (χ0) is 13.8. The molecule has 2 rings (SSSR count). The summed E-state index contributed by atoms with van der Waals surface area (Å²) in [5.74, 6) is 1.41. The molecule has 1 aromatic heterocycles. The zero-order valence-corrected chi connectivity index (χ0v) is 11.3. The van der Waals surface area contributed by atoms with E-state index >= 15 is 0 Å². The number of hydrogen-bond donors (Lipinski definition) is 3. The van der Waals surface area contributed by atoms with Crippen LogP contribution in [-0.2, 0) is 0 Å². The highest BCUT2D eigenvalue weighted by atomic mass is 16.3. The molecule has 0 bridgehead atoms. The Labute approximate surface area is 113 Å². The maximum Gasteiger partial charge on any atom is 0.134 e. The lowest BCUT2D eigenvalue weighted by Gasteiger charge is -2.19. The van der Waals surface area contributed by atoms with E-state index in [1.54, 1.807) is 18.3 Å². The molecule has 2 aromatic rings. The molecule has 0 spiro atoms. The maximum atomic E-state index is 9.59. The lowest BCUT2D eigenvalue weighted by atomic mass is 10.0. The summed E-state index contributed by atoms with van der Waals surface area (Å²) in [7, 11) is 0. The van der Waals surface area contributed by atoms with Crippen LogP contribution in [-0.4, -0.2) is 27.8 Å². The van der Waals surface area contributed by atoms with Gasteiger partial charge in [-0.3, -0.25) is 0 Å². The number of rotatable bonds is 5. The molecule has 0 fully saturated rings. The summed E-state index contributed by atoms with van der Waals surface area (Å²) in [6, 6.07) is 7.07. The topological polar surface area (TPSA) is 65.4 Å². The van der Waals surface area contributed by atoms with Crippen molar-refractivity contribution in [1.29, 1.82) is 0 Å². The fourth-order valence-corrected chi connectivity index (χ4v) is 2.21. The minimum Gasteiger partial charge on any atom is -0.508 e. The molecule has 1 unspecified atom stereocenters. The van der Waals surface area contributed by atoms with Gasteiger partial charge in [0.2, 0.25) is 0 Å². The molecule has 3 N–H and O–H groups in total. The highest BCUT2D eigenvalue weighted by Crippen LogP contribution is 2.26. The number of aromatic nitrogens is 1. The van der Waals surface area contributed by atoms with Crippen LogP contribution in [0.1, 0.15) is 20.3 Å². The largest absolute Gasteiger partial charge is 0.508 e. The first-order valence-electron chi connectivity index (χ1n) is 6.55. The number of aromatic hydroxyl groups is 1. The molecule has 1 aromatic carbocycles. The Bertz CT molecular complexity index is 555. The zero-order valence-electron chi connectivity index (χ0n) is 11.3. The van der Waals surface area contributed by atoms with Gasteiger partial charge in [-0.15, -0.1) is 0 Å². The number of phenolic OH excluding ortho intramolecular Hbond substituents is 1. The summed E-state index contributed by atoms with van der Waals surface area (Å²) in [5.41, 5.74) is 0. The maximum absolute atomic E-state index is 9.59. The third-order valence-corrected chi connectivity index (χ3v) is 3.07. The third-order valence-electron chi connectivity index (χ3n) is 3.07. The van der Waals surface area contributed by atoms with Crippen LogP contribution in [0.15, 0.2) is 30.5 Å². The molecule has 1 heterocycles. The molecule has 0 aliphatic heterocycles. The van der Waals surface area contributed by atoms with Crippen LogP contribution in [0.4, 0.5) is 5.82 Å². The van der Waals surface area contributed by atoms with Gasteiger partial charge in [0.05, 0.1) is 12.6 Å². The minimum atomic E-state index is -0.0274. The van der Waals surface area contributed by atoms with Crippen LogP contribution in [0.3, 0.4) is 0 Å². The Morgan fingerprint density at radius 2 is 2.05 bits per heavy atom. The fourth-order valence-electron chi connectivity index (χ4n) is 2.21. The summed E-state index contributed by atoms with van der Waals surface area (Å²) in [5, 5.41) is 24.1. The van der Waals surface area contributed by atoms with Crippen LogP contribution in [0.5, 0.6) is 5.75 Å². The predicted octanol–water partition coefficient (Wildman–Crippen LogP) is 2.76. The number of fused-ring (bicyclic) bond motifs is 1. The third kappa shape index (κ3) is 3.35. The first kappa shape index (κ1) is 13.6. The van der Waals surface area contributed by atoms with Gasteiger partial charge >= 0.3 is 0 Å². The van der Waals surface area contributed by atoms with Crippen LogP contribution in [0.25, 0.3) is 10.8 Å². The van der Waals surface area contributed by atoms with Gasteiger partial charge in [-0.1, -0.05) is 19.9 Å². The first-order chi connectivity index (χ1) is 9.10. The molecule has 0 amide bonds. The molecule has 1 atom stereocenters. The fraction of sp³-hybridized carbons (Fsp3) is 0.400. The van der Waals surface area contributed by atoms with E-state index in [1.807, 2.05) is 12.1 Å². The summed E-state index contributed by atoms with van der Waals surface area (Å²) in [6.07, 6.45) is 2.60. The van der Waals surface area contributed by atoms with Crippen molar-refractivity contribution in [2.45, 2.75) is 26.3 Å². The quantitative estimate of drug-likeness (QED) is 0.773. The molecule has 19 heavy (non-hydrogen) atoms. The Balaban J connectivity index is 2.31. The standard InChI is InChI=1S/C15H20N2O2/c1-10(2)7-12(9-18)17-15-14-8-13(19)4-3-11(14)5-6-16-15/h3-6,8,10,12,18-19H,7,9H2,1-2H3,(H,16,17). The SMILES string of the molecule is CC(C)CC(CO)Nc1nccc2ccc(O)cc12. The van der Waals surface area contributed by atoms with Gasteiger partial charge in [0.1, 0.15) is 11.6 Å². The molecule has 0 aliphatic carbocycles.